The maximum absolute atomic E-state index is 13.5. The number of hydrogen-bond acceptors (Lipinski definition) is 2. The summed E-state index contributed by atoms with van der Waals surface area (Å²) in [5.74, 6) is -0.633. The van der Waals surface area contributed by atoms with Gasteiger partial charge in [-0.2, -0.15) is 0 Å². The number of aryl methyl sites for hydroxylation is 2. The van der Waals surface area contributed by atoms with Gasteiger partial charge in [-0.3, -0.25) is 4.57 Å². The molecule has 2 aromatic carbocycles. The Morgan fingerprint density at radius 3 is 2.67 bits per heavy atom. The van der Waals surface area contributed by atoms with Crippen LogP contribution in [0, 0.1) is 19.7 Å². The lowest BCUT2D eigenvalue weighted by Crippen LogP contribution is -2.00. The monoisotopic (exact) mass is 284 g/mol. The zero-order chi connectivity index (χ0) is 15.1. The molecule has 0 bridgehead atoms. The molecular formula is C16H13FN2O2. The van der Waals surface area contributed by atoms with E-state index in [1.54, 1.807) is 12.1 Å². The van der Waals surface area contributed by atoms with Gasteiger partial charge in [0.15, 0.2) is 0 Å². The number of halogens is 1. The van der Waals surface area contributed by atoms with Gasteiger partial charge in [-0.05, 0) is 49.7 Å². The summed E-state index contributed by atoms with van der Waals surface area (Å²) in [6.07, 6.45) is 0. The Bertz CT molecular complexity index is 868. The van der Waals surface area contributed by atoms with E-state index in [1.165, 1.54) is 24.3 Å². The average molecular weight is 284 g/mol. The largest absolute Gasteiger partial charge is 0.478 e. The molecule has 0 radical (unpaired) electrons. The van der Waals surface area contributed by atoms with Crippen molar-refractivity contribution >= 4 is 17.0 Å². The molecule has 5 heteroatoms. The van der Waals surface area contributed by atoms with Crippen molar-refractivity contribution in [3.8, 4) is 5.69 Å². The summed E-state index contributed by atoms with van der Waals surface area (Å²) in [6.45, 7) is 3.70. The molecule has 3 aromatic rings. The normalized spacial score (nSPS) is 11.0. The van der Waals surface area contributed by atoms with E-state index in [9.17, 15) is 9.18 Å². The Morgan fingerprint density at radius 1 is 1.19 bits per heavy atom. The highest BCUT2D eigenvalue weighted by molar-refractivity contribution is 5.92. The first kappa shape index (κ1) is 13.3. The lowest BCUT2D eigenvalue weighted by atomic mass is 10.1. The fourth-order valence-corrected chi connectivity index (χ4v) is 2.46. The van der Waals surface area contributed by atoms with Gasteiger partial charge in [-0.25, -0.2) is 14.2 Å². The van der Waals surface area contributed by atoms with Gasteiger partial charge in [0.25, 0.3) is 0 Å². The van der Waals surface area contributed by atoms with Crippen LogP contribution in [0.25, 0.3) is 16.7 Å². The number of rotatable bonds is 2. The van der Waals surface area contributed by atoms with Gasteiger partial charge in [-0.1, -0.05) is 6.07 Å². The van der Waals surface area contributed by atoms with Gasteiger partial charge in [0.1, 0.15) is 11.6 Å². The molecule has 1 N–H and O–H groups in total. The highest BCUT2D eigenvalue weighted by atomic mass is 19.1. The second-order valence-corrected chi connectivity index (χ2v) is 4.93. The van der Waals surface area contributed by atoms with Gasteiger partial charge < -0.3 is 5.11 Å². The second-order valence-electron chi connectivity index (χ2n) is 4.93. The van der Waals surface area contributed by atoms with E-state index in [1.807, 2.05) is 18.4 Å². The molecule has 1 heterocycles. The molecule has 0 unspecified atom stereocenters. The Balaban J connectivity index is 2.30. The molecule has 3 rings (SSSR count). The fourth-order valence-electron chi connectivity index (χ4n) is 2.46. The highest BCUT2D eigenvalue weighted by Gasteiger charge is 2.13. The number of aromatic carboxylic acids is 1. The number of fused-ring (bicyclic) bond motifs is 1. The maximum Gasteiger partial charge on any atom is 0.335 e. The minimum atomic E-state index is -0.994. The standard InChI is InChI=1S/C16H13FN2O2/c1-9-3-5-12(17)8-15(9)19-10(2)18-13-7-11(16(20)21)4-6-14(13)19/h3-8H,1-2H3,(H,20,21). The molecule has 0 aliphatic carbocycles. The third-order valence-electron chi connectivity index (χ3n) is 3.48. The van der Waals surface area contributed by atoms with Gasteiger partial charge in [-0.15, -0.1) is 0 Å². The van der Waals surface area contributed by atoms with Crippen LogP contribution < -0.4 is 0 Å². The first-order valence-corrected chi connectivity index (χ1v) is 6.46. The molecular weight excluding hydrogens is 271 g/mol. The number of carboxylic acid groups (broad SMARTS) is 1. The van der Waals surface area contributed by atoms with E-state index >= 15 is 0 Å². The third-order valence-corrected chi connectivity index (χ3v) is 3.48. The predicted molar refractivity (Wildman–Crippen MR) is 77.5 cm³/mol. The van der Waals surface area contributed by atoms with Gasteiger partial charge in [0, 0.05) is 0 Å². The van der Waals surface area contributed by atoms with Crippen molar-refractivity contribution in [2.45, 2.75) is 13.8 Å². The topological polar surface area (TPSA) is 55.1 Å². The SMILES string of the molecule is Cc1ccc(F)cc1-n1c(C)nc2cc(C(=O)O)ccc21. The summed E-state index contributed by atoms with van der Waals surface area (Å²) >= 11 is 0. The summed E-state index contributed by atoms with van der Waals surface area (Å²) in [5.41, 5.74) is 3.14. The van der Waals surface area contributed by atoms with Crippen molar-refractivity contribution in [3.63, 3.8) is 0 Å². The summed E-state index contributed by atoms with van der Waals surface area (Å²) < 4.78 is 15.4. The summed E-state index contributed by atoms with van der Waals surface area (Å²) in [7, 11) is 0. The number of carbonyl (C=O) groups is 1. The molecule has 0 amide bonds. The van der Waals surface area contributed by atoms with Crippen molar-refractivity contribution < 1.29 is 14.3 Å². The van der Waals surface area contributed by atoms with E-state index in [0.29, 0.717) is 17.0 Å². The Kier molecular flexibility index (Phi) is 2.97. The predicted octanol–water partition coefficient (Wildman–Crippen LogP) is 3.48. The van der Waals surface area contributed by atoms with Crippen LogP contribution in [0.3, 0.4) is 0 Å². The molecule has 0 saturated heterocycles. The van der Waals surface area contributed by atoms with Crippen LogP contribution in [0.5, 0.6) is 0 Å². The van der Waals surface area contributed by atoms with E-state index in [2.05, 4.69) is 4.98 Å². The molecule has 1 aromatic heterocycles. The lowest BCUT2D eigenvalue weighted by Gasteiger charge is -2.10. The average Bonchev–Trinajstić information content (AvgIpc) is 2.76. The molecule has 0 aliphatic heterocycles. The third kappa shape index (κ3) is 2.16. The van der Waals surface area contributed by atoms with Gasteiger partial charge in [0.2, 0.25) is 0 Å². The first-order valence-electron chi connectivity index (χ1n) is 6.46. The van der Waals surface area contributed by atoms with Crippen molar-refractivity contribution in [1.29, 1.82) is 0 Å². The molecule has 0 atom stereocenters. The first-order chi connectivity index (χ1) is 9.97. The quantitative estimate of drug-likeness (QED) is 0.783. The fraction of sp³-hybridized carbons (Fsp3) is 0.125. The van der Waals surface area contributed by atoms with Crippen LogP contribution in [0.15, 0.2) is 36.4 Å². The molecule has 106 valence electrons. The lowest BCUT2D eigenvalue weighted by molar-refractivity contribution is 0.0697. The van der Waals surface area contributed by atoms with Crippen LogP contribution >= 0.6 is 0 Å². The number of benzene rings is 2. The Hall–Kier alpha value is -2.69. The van der Waals surface area contributed by atoms with Gasteiger partial charge in [0.05, 0.1) is 22.3 Å². The summed E-state index contributed by atoms with van der Waals surface area (Å²) in [6, 6.07) is 9.32. The number of imidazole rings is 1. The van der Waals surface area contributed by atoms with Crippen LogP contribution in [0.4, 0.5) is 4.39 Å². The number of carboxylic acids is 1. The second kappa shape index (κ2) is 4.70. The Labute approximate surface area is 120 Å². The highest BCUT2D eigenvalue weighted by Crippen LogP contribution is 2.25. The minimum Gasteiger partial charge on any atom is -0.478 e. The maximum atomic E-state index is 13.5. The van der Waals surface area contributed by atoms with Crippen LogP contribution in [0.2, 0.25) is 0 Å². The van der Waals surface area contributed by atoms with E-state index in [0.717, 1.165) is 11.1 Å². The van der Waals surface area contributed by atoms with Crippen molar-refractivity contribution in [3.05, 3.63) is 59.2 Å². The molecule has 0 saturated carbocycles. The molecule has 0 spiro atoms. The summed E-state index contributed by atoms with van der Waals surface area (Å²) in [5, 5.41) is 9.03. The molecule has 0 fully saturated rings. The van der Waals surface area contributed by atoms with Crippen molar-refractivity contribution in [1.82, 2.24) is 9.55 Å². The smallest absolute Gasteiger partial charge is 0.335 e. The van der Waals surface area contributed by atoms with Crippen molar-refractivity contribution in [2.75, 3.05) is 0 Å². The zero-order valence-electron chi connectivity index (χ0n) is 11.6. The van der Waals surface area contributed by atoms with E-state index < -0.39 is 5.97 Å². The van der Waals surface area contributed by atoms with Crippen LogP contribution in [-0.4, -0.2) is 20.6 Å². The minimum absolute atomic E-state index is 0.183. The molecule has 0 aliphatic rings. The van der Waals surface area contributed by atoms with Crippen molar-refractivity contribution in [2.24, 2.45) is 0 Å². The van der Waals surface area contributed by atoms with Gasteiger partial charge >= 0.3 is 5.97 Å². The molecule has 21 heavy (non-hydrogen) atoms. The van der Waals surface area contributed by atoms with E-state index in [4.69, 9.17) is 5.11 Å². The van der Waals surface area contributed by atoms with E-state index in [-0.39, 0.29) is 11.4 Å². The number of nitrogens with zero attached hydrogens (tertiary/aromatic N) is 2. The van der Waals surface area contributed by atoms with Crippen LogP contribution in [0.1, 0.15) is 21.7 Å². The number of hydrogen-bond donors (Lipinski definition) is 1. The van der Waals surface area contributed by atoms with Crippen LogP contribution in [-0.2, 0) is 0 Å². The Morgan fingerprint density at radius 2 is 1.95 bits per heavy atom. The number of aromatic nitrogens is 2. The zero-order valence-corrected chi connectivity index (χ0v) is 11.6. The summed E-state index contributed by atoms with van der Waals surface area (Å²) in [4.78, 5) is 15.4. The molecule has 4 nitrogen and oxygen atoms in total.